The predicted octanol–water partition coefficient (Wildman–Crippen LogP) is 3.63. The fourth-order valence-corrected chi connectivity index (χ4v) is 2.99. The third kappa shape index (κ3) is 6.59. The molecule has 2 rings (SSSR count). The summed E-state index contributed by atoms with van der Waals surface area (Å²) in [5, 5.41) is 7.68. The molecule has 0 radical (unpaired) electrons. The zero-order valence-electron chi connectivity index (χ0n) is 14.8. The van der Waals surface area contributed by atoms with E-state index in [9.17, 15) is 13.2 Å². The van der Waals surface area contributed by atoms with Crippen molar-refractivity contribution in [3.8, 4) is 5.75 Å². The van der Waals surface area contributed by atoms with Gasteiger partial charge in [-0.1, -0.05) is 30.9 Å². The lowest BCUT2D eigenvalue weighted by Crippen LogP contribution is -2.37. The van der Waals surface area contributed by atoms with Gasteiger partial charge in [-0.25, -0.2) is 4.98 Å². The van der Waals surface area contributed by atoms with Crippen LogP contribution in [0.5, 0.6) is 5.75 Å². The van der Waals surface area contributed by atoms with Crippen LogP contribution in [0.3, 0.4) is 0 Å². The van der Waals surface area contributed by atoms with E-state index in [1.165, 1.54) is 0 Å². The summed E-state index contributed by atoms with van der Waals surface area (Å²) in [6, 6.07) is 7.61. The fourth-order valence-electron chi connectivity index (χ4n) is 2.18. The first-order valence-electron chi connectivity index (χ1n) is 8.21. The Morgan fingerprint density at radius 2 is 2.11 bits per heavy atom. The highest BCUT2D eigenvalue weighted by Crippen LogP contribution is 2.30. The van der Waals surface area contributed by atoms with Crippen LogP contribution >= 0.6 is 11.3 Å². The Kier molecular flexibility index (Phi) is 7.66. The summed E-state index contributed by atoms with van der Waals surface area (Å²) in [6.45, 7) is 4.95. The maximum atomic E-state index is 12.6. The molecule has 1 heterocycles. The van der Waals surface area contributed by atoms with Crippen molar-refractivity contribution in [1.82, 2.24) is 15.6 Å². The number of thiazole rings is 1. The third-order valence-electron chi connectivity index (χ3n) is 3.47. The number of aliphatic imine (C=N–C) groups is 1. The average Bonchev–Trinajstić information content (AvgIpc) is 3.13. The second kappa shape index (κ2) is 9.96. The van der Waals surface area contributed by atoms with Gasteiger partial charge in [0.2, 0.25) is 0 Å². The largest absolute Gasteiger partial charge is 0.489 e. The summed E-state index contributed by atoms with van der Waals surface area (Å²) < 4.78 is 43.3. The first-order valence-corrected chi connectivity index (χ1v) is 9.09. The lowest BCUT2D eigenvalue weighted by Gasteiger charge is -2.14. The number of para-hydroxylation sites is 1. The van der Waals surface area contributed by atoms with Gasteiger partial charge >= 0.3 is 6.18 Å². The number of ether oxygens (including phenoxy) is 1. The topological polar surface area (TPSA) is 58.5 Å². The van der Waals surface area contributed by atoms with Gasteiger partial charge in [0.1, 0.15) is 12.4 Å². The summed E-state index contributed by atoms with van der Waals surface area (Å²) in [4.78, 5) is 7.72. The molecule has 2 N–H and O–H groups in total. The number of aromatic nitrogens is 1. The first-order chi connectivity index (χ1) is 12.9. The van der Waals surface area contributed by atoms with Gasteiger partial charge in [0.15, 0.2) is 11.7 Å². The number of hydrogen-bond acceptors (Lipinski definition) is 4. The quantitative estimate of drug-likeness (QED) is 0.405. The summed E-state index contributed by atoms with van der Waals surface area (Å²) in [6.07, 6.45) is -2.35. The number of benzene rings is 1. The highest BCUT2D eigenvalue weighted by Gasteiger charge is 2.33. The molecule has 9 heteroatoms. The summed E-state index contributed by atoms with van der Waals surface area (Å²) in [5.41, 5.74) is 0.109. The Bertz CT molecular complexity index is 774. The van der Waals surface area contributed by atoms with E-state index >= 15 is 0 Å². The SMILES string of the molecule is C=CCOc1ccccc1CNC(=NC)NCCc1nc(C(F)(F)F)cs1. The summed E-state index contributed by atoms with van der Waals surface area (Å²) in [7, 11) is 1.63. The van der Waals surface area contributed by atoms with Crippen LogP contribution in [0.1, 0.15) is 16.3 Å². The monoisotopic (exact) mass is 398 g/mol. The predicted molar refractivity (Wildman–Crippen MR) is 101 cm³/mol. The molecule has 0 saturated heterocycles. The lowest BCUT2D eigenvalue weighted by atomic mass is 10.2. The summed E-state index contributed by atoms with van der Waals surface area (Å²) in [5.74, 6) is 1.30. The molecular weight excluding hydrogens is 377 g/mol. The molecule has 0 saturated carbocycles. The number of alkyl halides is 3. The molecular formula is C18H21F3N4OS. The van der Waals surface area contributed by atoms with Crippen molar-refractivity contribution in [3.05, 3.63) is 58.6 Å². The van der Waals surface area contributed by atoms with Crippen molar-refractivity contribution >= 4 is 17.3 Å². The van der Waals surface area contributed by atoms with Crippen LogP contribution in [-0.4, -0.2) is 31.1 Å². The minimum absolute atomic E-state index is 0.375. The second-order valence-corrected chi connectivity index (χ2v) is 6.38. The standard InChI is InChI=1S/C18H21F3N4OS/c1-3-10-26-14-7-5-4-6-13(14)11-24-17(22-2)23-9-8-16-25-15(12-27-16)18(19,20)21/h3-7,12H,1,8-11H2,2H3,(H2,22,23,24). The Hall–Kier alpha value is -2.55. The number of nitrogens with one attached hydrogen (secondary N) is 2. The van der Waals surface area contributed by atoms with Gasteiger partial charge in [0.05, 0.1) is 5.01 Å². The van der Waals surface area contributed by atoms with Crippen molar-refractivity contribution in [1.29, 1.82) is 0 Å². The number of hydrogen-bond donors (Lipinski definition) is 2. The number of nitrogens with zero attached hydrogens (tertiary/aromatic N) is 2. The molecule has 0 aliphatic heterocycles. The highest BCUT2D eigenvalue weighted by atomic mass is 32.1. The molecule has 2 aromatic rings. The van der Waals surface area contributed by atoms with Crippen LogP contribution in [0.4, 0.5) is 13.2 Å². The maximum Gasteiger partial charge on any atom is 0.434 e. The van der Waals surface area contributed by atoms with Crippen molar-refractivity contribution in [2.24, 2.45) is 4.99 Å². The van der Waals surface area contributed by atoms with Crippen molar-refractivity contribution in [3.63, 3.8) is 0 Å². The van der Waals surface area contributed by atoms with E-state index in [4.69, 9.17) is 4.74 Å². The molecule has 146 valence electrons. The smallest absolute Gasteiger partial charge is 0.434 e. The molecule has 0 fully saturated rings. The third-order valence-corrected chi connectivity index (χ3v) is 4.38. The van der Waals surface area contributed by atoms with Gasteiger partial charge < -0.3 is 15.4 Å². The van der Waals surface area contributed by atoms with E-state index in [1.54, 1.807) is 13.1 Å². The lowest BCUT2D eigenvalue weighted by molar-refractivity contribution is -0.140. The molecule has 0 spiro atoms. The van der Waals surface area contributed by atoms with E-state index in [2.05, 4.69) is 27.2 Å². The minimum Gasteiger partial charge on any atom is -0.489 e. The van der Waals surface area contributed by atoms with Crippen LogP contribution in [-0.2, 0) is 19.1 Å². The van der Waals surface area contributed by atoms with E-state index in [-0.39, 0.29) is 0 Å². The fraction of sp³-hybridized carbons (Fsp3) is 0.333. The van der Waals surface area contributed by atoms with Crippen LogP contribution in [0.25, 0.3) is 0 Å². The average molecular weight is 398 g/mol. The molecule has 27 heavy (non-hydrogen) atoms. The number of halogens is 3. The molecule has 1 aromatic heterocycles. The molecule has 0 bridgehead atoms. The molecule has 5 nitrogen and oxygen atoms in total. The number of guanidine groups is 1. The maximum absolute atomic E-state index is 12.6. The highest BCUT2D eigenvalue weighted by molar-refractivity contribution is 7.09. The molecule has 0 unspecified atom stereocenters. The first kappa shape index (κ1) is 20.8. The Morgan fingerprint density at radius 3 is 2.78 bits per heavy atom. The Morgan fingerprint density at radius 1 is 1.33 bits per heavy atom. The normalized spacial score (nSPS) is 11.9. The van der Waals surface area contributed by atoms with E-state index in [0.29, 0.717) is 37.1 Å². The Labute approximate surface area is 160 Å². The van der Waals surface area contributed by atoms with Gasteiger partial charge in [-0.2, -0.15) is 13.2 Å². The van der Waals surface area contributed by atoms with Gasteiger partial charge in [0.25, 0.3) is 0 Å². The van der Waals surface area contributed by atoms with Crippen molar-refractivity contribution in [2.75, 3.05) is 20.2 Å². The van der Waals surface area contributed by atoms with E-state index < -0.39 is 11.9 Å². The molecule has 0 aliphatic carbocycles. The minimum atomic E-state index is -4.40. The van der Waals surface area contributed by atoms with Crippen LogP contribution in [0.2, 0.25) is 0 Å². The van der Waals surface area contributed by atoms with Gasteiger partial charge in [0, 0.05) is 37.5 Å². The van der Waals surface area contributed by atoms with Gasteiger partial charge in [-0.3, -0.25) is 4.99 Å². The van der Waals surface area contributed by atoms with E-state index in [1.807, 2.05) is 24.3 Å². The zero-order valence-corrected chi connectivity index (χ0v) is 15.7. The van der Waals surface area contributed by atoms with Crippen molar-refractivity contribution < 1.29 is 17.9 Å². The van der Waals surface area contributed by atoms with Gasteiger partial charge in [-0.05, 0) is 6.07 Å². The zero-order chi connectivity index (χ0) is 19.7. The second-order valence-electron chi connectivity index (χ2n) is 5.43. The van der Waals surface area contributed by atoms with Crippen LogP contribution in [0, 0.1) is 0 Å². The molecule has 0 atom stereocenters. The molecule has 1 aromatic carbocycles. The van der Waals surface area contributed by atoms with E-state index in [0.717, 1.165) is 28.0 Å². The van der Waals surface area contributed by atoms with Crippen LogP contribution in [0.15, 0.2) is 47.3 Å². The Balaban J connectivity index is 1.83. The van der Waals surface area contributed by atoms with Crippen LogP contribution < -0.4 is 15.4 Å². The number of rotatable bonds is 8. The van der Waals surface area contributed by atoms with Crippen molar-refractivity contribution in [2.45, 2.75) is 19.1 Å². The van der Waals surface area contributed by atoms with Gasteiger partial charge in [-0.15, -0.1) is 11.3 Å². The molecule has 0 aliphatic rings. The summed E-state index contributed by atoms with van der Waals surface area (Å²) >= 11 is 0.999. The molecule has 0 amide bonds.